The number of anilines is 1. The maximum absolute atomic E-state index is 12.5. The highest BCUT2D eigenvalue weighted by Gasteiger charge is 2.29. The first-order valence-electron chi connectivity index (χ1n) is 8.64. The van der Waals surface area contributed by atoms with Crippen LogP contribution < -0.4 is 10.2 Å². The van der Waals surface area contributed by atoms with Crippen molar-refractivity contribution in [3.05, 3.63) is 88.8 Å². The lowest BCUT2D eigenvalue weighted by Gasteiger charge is -2.29. The molecule has 1 unspecified atom stereocenters. The molecule has 0 radical (unpaired) electrons. The lowest BCUT2D eigenvalue weighted by atomic mass is 10.1. The summed E-state index contributed by atoms with van der Waals surface area (Å²) >= 11 is 5.89. The molecule has 0 bridgehead atoms. The second-order valence-corrected chi connectivity index (χ2v) is 6.76. The van der Waals surface area contributed by atoms with Gasteiger partial charge in [0, 0.05) is 29.4 Å². The van der Waals surface area contributed by atoms with Crippen molar-refractivity contribution in [3.63, 3.8) is 0 Å². The Morgan fingerprint density at radius 2 is 1.92 bits per heavy atom. The summed E-state index contributed by atoms with van der Waals surface area (Å²) in [5, 5.41) is 3.65. The first kappa shape index (κ1) is 16.7. The molecule has 2 heterocycles. The molecule has 0 saturated heterocycles. The fraction of sp³-hybridized carbons (Fsp3) is 0.190. The first-order chi connectivity index (χ1) is 12.7. The normalized spacial score (nSPS) is 14.1. The van der Waals surface area contributed by atoms with E-state index in [2.05, 4.69) is 28.4 Å². The van der Waals surface area contributed by atoms with E-state index >= 15 is 0 Å². The summed E-state index contributed by atoms with van der Waals surface area (Å²) in [5.41, 5.74) is 3.12. The van der Waals surface area contributed by atoms with Crippen LogP contribution in [0.2, 0.25) is 5.02 Å². The molecular formula is C21H19ClN2O2. The summed E-state index contributed by atoms with van der Waals surface area (Å²) in [6, 6.07) is 19.1. The minimum Gasteiger partial charge on any atom is -0.467 e. The topological polar surface area (TPSA) is 45.5 Å². The van der Waals surface area contributed by atoms with Crippen molar-refractivity contribution < 1.29 is 9.21 Å². The van der Waals surface area contributed by atoms with Gasteiger partial charge in [-0.3, -0.25) is 4.79 Å². The molecule has 2 aromatic carbocycles. The van der Waals surface area contributed by atoms with Crippen LogP contribution in [0.3, 0.4) is 0 Å². The molecule has 1 aliphatic heterocycles. The highest BCUT2D eigenvalue weighted by molar-refractivity contribution is 6.30. The second kappa shape index (κ2) is 7.26. The van der Waals surface area contributed by atoms with Gasteiger partial charge in [0.1, 0.15) is 11.8 Å². The Morgan fingerprint density at radius 1 is 1.12 bits per heavy atom. The smallest absolute Gasteiger partial charge is 0.251 e. The van der Waals surface area contributed by atoms with E-state index in [1.54, 1.807) is 30.5 Å². The minimum atomic E-state index is -0.120. The average molecular weight is 367 g/mol. The van der Waals surface area contributed by atoms with E-state index in [4.69, 9.17) is 16.0 Å². The van der Waals surface area contributed by atoms with Crippen molar-refractivity contribution in [1.29, 1.82) is 0 Å². The van der Waals surface area contributed by atoms with E-state index in [1.807, 2.05) is 18.2 Å². The molecule has 4 nitrogen and oxygen atoms in total. The zero-order chi connectivity index (χ0) is 17.9. The van der Waals surface area contributed by atoms with Gasteiger partial charge in [-0.15, -0.1) is 0 Å². The van der Waals surface area contributed by atoms with Gasteiger partial charge in [0.15, 0.2) is 0 Å². The molecule has 4 rings (SSSR count). The minimum absolute atomic E-state index is 0.0510. The average Bonchev–Trinajstić information content (AvgIpc) is 3.33. The molecule has 0 aliphatic carbocycles. The molecule has 0 saturated carbocycles. The molecule has 1 atom stereocenters. The standard InChI is InChI=1S/C21H19ClN2O2/c22-17-9-7-16(8-10-17)21(25)23-14-19(20-6-3-13-26-20)24-12-11-15-4-1-2-5-18(15)24/h1-10,13,19H,11-12,14H2,(H,23,25). The molecule has 1 N–H and O–H groups in total. The Hall–Kier alpha value is -2.72. The molecule has 5 heteroatoms. The van der Waals surface area contributed by atoms with Crippen LogP contribution in [0.5, 0.6) is 0 Å². The summed E-state index contributed by atoms with van der Waals surface area (Å²) in [4.78, 5) is 14.8. The van der Waals surface area contributed by atoms with Crippen molar-refractivity contribution in [2.24, 2.45) is 0 Å². The molecule has 1 amide bonds. The van der Waals surface area contributed by atoms with Crippen LogP contribution in [0.4, 0.5) is 5.69 Å². The fourth-order valence-electron chi connectivity index (χ4n) is 3.43. The number of nitrogens with one attached hydrogen (secondary N) is 1. The number of hydrogen-bond acceptors (Lipinski definition) is 3. The van der Waals surface area contributed by atoms with Crippen LogP contribution in [-0.2, 0) is 6.42 Å². The third kappa shape index (κ3) is 3.33. The molecule has 1 aromatic heterocycles. The number of carbonyl (C=O) groups excluding carboxylic acids is 1. The van der Waals surface area contributed by atoms with Crippen molar-refractivity contribution in [2.75, 3.05) is 18.0 Å². The van der Waals surface area contributed by atoms with Crippen LogP contribution >= 0.6 is 11.6 Å². The number of para-hydroxylation sites is 1. The van der Waals surface area contributed by atoms with E-state index in [9.17, 15) is 4.79 Å². The summed E-state index contributed by atoms with van der Waals surface area (Å²) in [6.45, 7) is 1.37. The maximum atomic E-state index is 12.5. The van der Waals surface area contributed by atoms with Crippen molar-refractivity contribution in [1.82, 2.24) is 5.32 Å². The molecule has 132 valence electrons. The van der Waals surface area contributed by atoms with Crippen molar-refractivity contribution >= 4 is 23.2 Å². The quantitative estimate of drug-likeness (QED) is 0.724. The zero-order valence-electron chi connectivity index (χ0n) is 14.2. The predicted molar refractivity (Wildman–Crippen MR) is 103 cm³/mol. The molecule has 1 aliphatic rings. The number of furan rings is 1. The Kier molecular flexibility index (Phi) is 4.67. The number of hydrogen-bond donors (Lipinski definition) is 1. The monoisotopic (exact) mass is 366 g/mol. The van der Waals surface area contributed by atoms with Gasteiger partial charge in [0.2, 0.25) is 0 Å². The van der Waals surface area contributed by atoms with Crippen molar-refractivity contribution in [2.45, 2.75) is 12.5 Å². The Labute approximate surface area is 157 Å². The number of fused-ring (bicyclic) bond motifs is 1. The van der Waals surface area contributed by atoms with Gasteiger partial charge in [-0.2, -0.15) is 0 Å². The summed E-state index contributed by atoms with van der Waals surface area (Å²) in [5.74, 6) is 0.726. The number of benzene rings is 2. The summed E-state index contributed by atoms with van der Waals surface area (Å²) in [7, 11) is 0. The van der Waals surface area contributed by atoms with Crippen LogP contribution in [0.15, 0.2) is 71.3 Å². The number of halogens is 1. The van der Waals surface area contributed by atoms with E-state index in [-0.39, 0.29) is 11.9 Å². The fourth-order valence-corrected chi connectivity index (χ4v) is 3.55. The Balaban J connectivity index is 1.54. The van der Waals surface area contributed by atoms with E-state index < -0.39 is 0 Å². The maximum Gasteiger partial charge on any atom is 0.251 e. The highest BCUT2D eigenvalue weighted by Crippen LogP contribution is 2.34. The first-order valence-corrected chi connectivity index (χ1v) is 9.02. The molecule has 26 heavy (non-hydrogen) atoms. The van der Waals surface area contributed by atoms with Crippen LogP contribution in [0.25, 0.3) is 0 Å². The number of nitrogens with zero attached hydrogens (tertiary/aromatic N) is 1. The van der Waals surface area contributed by atoms with Gasteiger partial charge in [-0.05, 0) is 54.4 Å². The number of amides is 1. The van der Waals surface area contributed by atoms with E-state index in [1.165, 1.54) is 11.3 Å². The largest absolute Gasteiger partial charge is 0.467 e. The van der Waals surface area contributed by atoms with Gasteiger partial charge in [-0.25, -0.2) is 0 Å². The van der Waals surface area contributed by atoms with E-state index in [0.717, 1.165) is 18.7 Å². The van der Waals surface area contributed by atoms with Gasteiger partial charge in [0.05, 0.1) is 6.26 Å². The van der Waals surface area contributed by atoms with Crippen LogP contribution in [-0.4, -0.2) is 19.0 Å². The zero-order valence-corrected chi connectivity index (χ0v) is 14.9. The molecule has 3 aromatic rings. The Bertz CT molecular complexity index is 891. The van der Waals surface area contributed by atoms with Crippen LogP contribution in [0, 0.1) is 0 Å². The highest BCUT2D eigenvalue weighted by atomic mass is 35.5. The molecule has 0 fully saturated rings. The third-order valence-corrected chi connectivity index (χ3v) is 4.99. The summed E-state index contributed by atoms with van der Waals surface area (Å²) < 4.78 is 5.67. The predicted octanol–water partition coefficient (Wildman–Crippen LogP) is 4.47. The summed E-state index contributed by atoms with van der Waals surface area (Å²) in [6.07, 6.45) is 2.67. The lowest BCUT2D eigenvalue weighted by Crippen LogP contribution is -2.37. The van der Waals surface area contributed by atoms with Gasteiger partial charge in [-0.1, -0.05) is 29.8 Å². The van der Waals surface area contributed by atoms with Crippen molar-refractivity contribution in [3.8, 4) is 0 Å². The van der Waals surface area contributed by atoms with Gasteiger partial charge in [0.25, 0.3) is 5.91 Å². The van der Waals surface area contributed by atoms with E-state index in [0.29, 0.717) is 17.1 Å². The van der Waals surface area contributed by atoms with Gasteiger partial charge < -0.3 is 14.6 Å². The second-order valence-electron chi connectivity index (χ2n) is 6.32. The lowest BCUT2D eigenvalue weighted by molar-refractivity contribution is 0.0950. The SMILES string of the molecule is O=C(NCC(c1ccco1)N1CCc2ccccc21)c1ccc(Cl)cc1. The number of carbonyl (C=O) groups is 1. The third-order valence-electron chi connectivity index (χ3n) is 4.73. The molecular weight excluding hydrogens is 348 g/mol. The molecule has 0 spiro atoms. The number of rotatable bonds is 5. The van der Waals surface area contributed by atoms with Crippen LogP contribution in [0.1, 0.15) is 27.7 Å². The Morgan fingerprint density at radius 3 is 2.69 bits per heavy atom. The van der Waals surface area contributed by atoms with Gasteiger partial charge >= 0.3 is 0 Å².